The van der Waals surface area contributed by atoms with Crippen LogP contribution >= 0.6 is 0 Å². The first-order valence-corrected chi connectivity index (χ1v) is 7.25. The van der Waals surface area contributed by atoms with Crippen LogP contribution in [0.15, 0.2) is 12.1 Å². The summed E-state index contributed by atoms with van der Waals surface area (Å²) in [4.78, 5) is 0. The van der Waals surface area contributed by atoms with Crippen molar-refractivity contribution in [3.63, 3.8) is 0 Å². The molecule has 0 bridgehead atoms. The van der Waals surface area contributed by atoms with Crippen LogP contribution in [0, 0.1) is 0 Å². The predicted octanol–water partition coefficient (Wildman–Crippen LogP) is 3.55. The lowest BCUT2D eigenvalue weighted by Crippen LogP contribution is -2.02. The van der Waals surface area contributed by atoms with Crippen molar-refractivity contribution < 1.29 is 19.3 Å². The highest BCUT2D eigenvalue weighted by Gasteiger charge is 2.13. The van der Waals surface area contributed by atoms with Gasteiger partial charge >= 0.3 is 0 Å². The number of unbranched alkanes of at least 4 members (excludes halogenated alkanes) is 4. The third kappa shape index (κ3) is 4.93. The van der Waals surface area contributed by atoms with Crippen LogP contribution in [0.25, 0.3) is 0 Å². The Balaban J connectivity index is 2.63. The monoisotopic (exact) mass is 282 g/mol. The first kappa shape index (κ1) is 16.6. The molecule has 0 atom stereocenters. The van der Waals surface area contributed by atoms with Gasteiger partial charge in [0.25, 0.3) is 0 Å². The lowest BCUT2D eigenvalue weighted by molar-refractivity contribution is 0.261. The molecule has 0 spiro atoms. The second kappa shape index (κ2) is 9.48. The lowest BCUT2D eigenvalue weighted by Gasteiger charge is -2.15. The molecule has 0 aliphatic carbocycles. The zero-order chi connectivity index (χ0) is 14.8. The number of rotatable bonds is 10. The van der Waals surface area contributed by atoms with Crippen molar-refractivity contribution in [2.24, 2.45) is 0 Å². The summed E-state index contributed by atoms with van der Waals surface area (Å²) >= 11 is 0. The molecule has 0 saturated carbocycles. The molecule has 0 aliphatic heterocycles. The molecule has 0 aliphatic rings. The van der Waals surface area contributed by atoms with Gasteiger partial charge in [0.1, 0.15) is 0 Å². The Morgan fingerprint density at radius 2 is 1.55 bits per heavy atom. The summed E-state index contributed by atoms with van der Waals surface area (Å²) in [6, 6.07) is 3.55. The molecular formula is C16H26O4. The molecule has 0 fully saturated rings. The van der Waals surface area contributed by atoms with Crippen LogP contribution in [0.3, 0.4) is 0 Å². The summed E-state index contributed by atoms with van der Waals surface area (Å²) in [5.41, 5.74) is 0.744. The van der Waals surface area contributed by atoms with Gasteiger partial charge in [-0.2, -0.15) is 0 Å². The van der Waals surface area contributed by atoms with Gasteiger partial charge in [-0.15, -0.1) is 0 Å². The minimum absolute atomic E-state index is 0.0516. The van der Waals surface area contributed by atoms with Gasteiger partial charge in [0, 0.05) is 0 Å². The van der Waals surface area contributed by atoms with Crippen molar-refractivity contribution in [1.82, 2.24) is 0 Å². The molecular weight excluding hydrogens is 256 g/mol. The fourth-order valence-corrected chi connectivity index (χ4v) is 2.05. The van der Waals surface area contributed by atoms with E-state index in [0.717, 1.165) is 12.0 Å². The Morgan fingerprint density at radius 1 is 0.950 bits per heavy atom. The normalized spacial score (nSPS) is 10.4. The topological polar surface area (TPSA) is 47.9 Å². The number of hydrogen-bond donors (Lipinski definition) is 1. The molecule has 0 heterocycles. The predicted molar refractivity (Wildman–Crippen MR) is 79.7 cm³/mol. The van der Waals surface area contributed by atoms with E-state index in [-0.39, 0.29) is 6.61 Å². The van der Waals surface area contributed by atoms with Crippen molar-refractivity contribution in [3.8, 4) is 17.2 Å². The number of hydrogen-bond acceptors (Lipinski definition) is 4. The number of ether oxygens (including phenoxy) is 3. The minimum Gasteiger partial charge on any atom is -0.493 e. The molecule has 114 valence electrons. The third-order valence-electron chi connectivity index (χ3n) is 3.20. The molecule has 1 N–H and O–H groups in total. The molecule has 0 amide bonds. The van der Waals surface area contributed by atoms with Crippen LogP contribution in [-0.4, -0.2) is 25.9 Å². The van der Waals surface area contributed by atoms with Gasteiger partial charge in [-0.3, -0.25) is 0 Å². The lowest BCUT2D eigenvalue weighted by atomic mass is 10.1. The summed E-state index contributed by atoms with van der Waals surface area (Å²) in [6.45, 7) is 2.80. The maximum atomic E-state index is 9.21. The molecule has 1 rings (SSSR count). The van der Waals surface area contributed by atoms with Crippen LogP contribution in [0.1, 0.15) is 44.6 Å². The van der Waals surface area contributed by atoms with E-state index in [2.05, 4.69) is 6.92 Å². The smallest absolute Gasteiger partial charge is 0.203 e. The van der Waals surface area contributed by atoms with Crippen LogP contribution in [0.2, 0.25) is 0 Å². The summed E-state index contributed by atoms with van der Waals surface area (Å²) in [7, 11) is 3.17. The van der Waals surface area contributed by atoms with E-state index in [0.29, 0.717) is 23.9 Å². The highest BCUT2D eigenvalue weighted by Crippen LogP contribution is 2.38. The summed E-state index contributed by atoms with van der Waals surface area (Å²) in [5.74, 6) is 1.81. The Kier molecular flexibility index (Phi) is 7.88. The van der Waals surface area contributed by atoms with E-state index >= 15 is 0 Å². The highest BCUT2D eigenvalue weighted by atomic mass is 16.5. The molecule has 0 radical (unpaired) electrons. The number of methoxy groups -OCH3 is 2. The molecule has 4 heteroatoms. The standard InChI is InChI=1S/C16H26O4/c1-4-5-6-7-8-9-20-16-14(18-2)10-13(12-17)11-15(16)19-3/h10-11,17H,4-9,12H2,1-3H3. The van der Waals surface area contributed by atoms with Gasteiger partial charge < -0.3 is 19.3 Å². The summed E-state index contributed by atoms with van der Waals surface area (Å²) in [6.07, 6.45) is 5.96. The summed E-state index contributed by atoms with van der Waals surface area (Å²) < 4.78 is 16.4. The fraction of sp³-hybridized carbons (Fsp3) is 0.625. The van der Waals surface area contributed by atoms with Crippen molar-refractivity contribution >= 4 is 0 Å². The average molecular weight is 282 g/mol. The van der Waals surface area contributed by atoms with E-state index in [1.54, 1.807) is 26.4 Å². The maximum absolute atomic E-state index is 9.21. The first-order chi connectivity index (χ1) is 9.76. The molecule has 4 nitrogen and oxygen atoms in total. The van der Waals surface area contributed by atoms with E-state index in [4.69, 9.17) is 14.2 Å². The van der Waals surface area contributed by atoms with Gasteiger partial charge in [0.15, 0.2) is 11.5 Å². The van der Waals surface area contributed by atoms with Gasteiger partial charge in [0.2, 0.25) is 5.75 Å². The Bertz CT molecular complexity index is 365. The minimum atomic E-state index is -0.0516. The van der Waals surface area contributed by atoms with Crippen LogP contribution < -0.4 is 14.2 Å². The fourth-order valence-electron chi connectivity index (χ4n) is 2.05. The molecule has 20 heavy (non-hydrogen) atoms. The van der Waals surface area contributed by atoms with Gasteiger partial charge in [0.05, 0.1) is 27.4 Å². The van der Waals surface area contributed by atoms with Crippen molar-refractivity contribution in [3.05, 3.63) is 17.7 Å². The molecule has 1 aromatic rings. The highest BCUT2D eigenvalue weighted by molar-refractivity contribution is 5.53. The second-order valence-electron chi connectivity index (χ2n) is 4.75. The maximum Gasteiger partial charge on any atom is 0.203 e. The Hall–Kier alpha value is -1.42. The Labute approximate surface area is 121 Å². The van der Waals surface area contributed by atoms with Crippen molar-refractivity contribution in [2.45, 2.75) is 45.6 Å². The molecule has 0 unspecified atom stereocenters. The number of aliphatic hydroxyl groups excluding tert-OH is 1. The van der Waals surface area contributed by atoms with E-state index in [1.165, 1.54) is 25.7 Å². The summed E-state index contributed by atoms with van der Waals surface area (Å²) in [5, 5.41) is 9.21. The average Bonchev–Trinajstić information content (AvgIpc) is 2.50. The molecule has 0 saturated heterocycles. The van der Waals surface area contributed by atoms with Gasteiger partial charge in [-0.25, -0.2) is 0 Å². The van der Waals surface area contributed by atoms with E-state index < -0.39 is 0 Å². The third-order valence-corrected chi connectivity index (χ3v) is 3.20. The largest absolute Gasteiger partial charge is 0.493 e. The van der Waals surface area contributed by atoms with Crippen molar-refractivity contribution in [2.75, 3.05) is 20.8 Å². The molecule has 0 aromatic heterocycles. The van der Waals surface area contributed by atoms with Crippen LogP contribution in [0.5, 0.6) is 17.2 Å². The van der Waals surface area contributed by atoms with Crippen LogP contribution in [0.4, 0.5) is 0 Å². The Morgan fingerprint density at radius 3 is 2.05 bits per heavy atom. The van der Waals surface area contributed by atoms with Crippen molar-refractivity contribution in [1.29, 1.82) is 0 Å². The zero-order valence-corrected chi connectivity index (χ0v) is 12.8. The SMILES string of the molecule is CCCCCCCOc1c(OC)cc(CO)cc1OC. The van der Waals surface area contributed by atoms with Gasteiger partial charge in [-0.1, -0.05) is 32.6 Å². The van der Waals surface area contributed by atoms with Crippen LogP contribution in [-0.2, 0) is 6.61 Å². The molecule has 1 aromatic carbocycles. The second-order valence-corrected chi connectivity index (χ2v) is 4.75. The first-order valence-electron chi connectivity index (χ1n) is 7.25. The van der Waals surface area contributed by atoms with E-state index in [1.807, 2.05) is 0 Å². The zero-order valence-electron chi connectivity index (χ0n) is 12.8. The van der Waals surface area contributed by atoms with E-state index in [9.17, 15) is 5.11 Å². The number of benzene rings is 1. The van der Waals surface area contributed by atoms with Gasteiger partial charge in [-0.05, 0) is 24.1 Å². The number of aliphatic hydroxyl groups is 1. The quantitative estimate of drug-likeness (QED) is 0.667.